The van der Waals surface area contributed by atoms with Gasteiger partial charge in [-0.2, -0.15) is 0 Å². The van der Waals surface area contributed by atoms with Crippen molar-refractivity contribution in [3.05, 3.63) is 11.6 Å². The van der Waals surface area contributed by atoms with Gasteiger partial charge in [-0.15, -0.1) is 0 Å². The van der Waals surface area contributed by atoms with E-state index in [1.807, 2.05) is 0 Å². The molecule has 0 saturated heterocycles. The minimum Gasteiger partial charge on any atom is -0.480 e. The fraction of sp³-hybridized carbons (Fsp3) is 0.808. The molecule has 184 valence electrons. The van der Waals surface area contributed by atoms with E-state index in [2.05, 4.69) is 26.1 Å². The van der Waals surface area contributed by atoms with Crippen LogP contribution < -0.4 is 5.32 Å². The molecule has 7 nitrogen and oxygen atoms in total. The first-order valence-corrected chi connectivity index (χ1v) is 12.6. The first-order chi connectivity index (χ1) is 15.5. The number of aliphatic carboxylic acids is 1. The van der Waals surface area contributed by atoms with Crippen LogP contribution in [0.1, 0.15) is 72.1 Å². The maximum Gasteiger partial charge on any atom is 0.322 e. The van der Waals surface area contributed by atoms with E-state index in [0.29, 0.717) is 25.7 Å². The summed E-state index contributed by atoms with van der Waals surface area (Å²) in [5, 5.41) is 34.0. The summed E-state index contributed by atoms with van der Waals surface area (Å²) in [4.78, 5) is 34.8. The van der Waals surface area contributed by atoms with Gasteiger partial charge in [-0.3, -0.25) is 14.4 Å². The van der Waals surface area contributed by atoms with E-state index in [0.717, 1.165) is 24.8 Å². The van der Waals surface area contributed by atoms with Crippen molar-refractivity contribution < 1.29 is 29.7 Å². The third-order valence-corrected chi connectivity index (χ3v) is 10.1. The molecule has 0 aromatic carbocycles. The van der Waals surface area contributed by atoms with Gasteiger partial charge in [0.25, 0.3) is 0 Å². The fourth-order valence-electron chi connectivity index (χ4n) is 8.28. The minimum absolute atomic E-state index is 0.116. The van der Waals surface area contributed by atoms with Gasteiger partial charge in [0.2, 0.25) is 5.91 Å². The van der Waals surface area contributed by atoms with Crippen LogP contribution in [0, 0.1) is 40.4 Å². The Labute approximate surface area is 196 Å². The number of carbonyl (C=O) groups excluding carboxylic acids is 2. The number of rotatable bonds is 6. The Morgan fingerprint density at radius 1 is 1.21 bits per heavy atom. The number of carbonyl (C=O) groups is 3. The highest BCUT2D eigenvalue weighted by Gasteiger charge is 2.64. The summed E-state index contributed by atoms with van der Waals surface area (Å²) >= 11 is 0. The molecule has 0 unspecified atom stereocenters. The standard InChI is InChI=1S/C26H39NO6/c1-14(4-7-22(31)27-13-23(32)33)17-5-6-18-24-19(12-21(30)26(17,18)3)25(2)9-8-16(28)10-15(25)11-20(24)29/h10,14,17-21,24,29-30H,4-9,11-13H2,1-3H3,(H,27,31)(H,32,33)/t14-,17-,18+,19+,20-,21+,24+,25+,26-/m1/s1. The lowest BCUT2D eigenvalue weighted by molar-refractivity contribution is -0.168. The fourth-order valence-corrected chi connectivity index (χ4v) is 8.28. The third kappa shape index (κ3) is 4.05. The number of carboxylic acids is 1. The molecule has 9 atom stereocenters. The number of fused-ring (bicyclic) bond motifs is 5. The monoisotopic (exact) mass is 461 g/mol. The van der Waals surface area contributed by atoms with Gasteiger partial charge in [0, 0.05) is 12.8 Å². The van der Waals surface area contributed by atoms with Crippen molar-refractivity contribution in [1.29, 1.82) is 0 Å². The zero-order valence-electron chi connectivity index (χ0n) is 20.0. The average Bonchev–Trinajstić information content (AvgIpc) is 3.11. The number of hydrogen-bond donors (Lipinski definition) is 4. The van der Waals surface area contributed by atoms with E-state index < -0.39 is 18.2 Å². The molecule has 4 aliphatic rings. The van der Waals surface area contributed by atoms with Gasteiger partial charge in [-0.05, 0) is 85.0 Å². The van der Waals surface area contributed by atoms with Crippen molar-refractivity contribution in [2.24, 2.45) is 40.4 Å². The van der Waals surface area contributed by atoms with Crippen molar-refractivity contribution >= 4 is 17.7 Å². The number of aliphatic hydroxyl groups excluding tert-OH is 2. The van der Waals surface area contributed by atoms with Crippen molar-refractivity contribution in [1.82, 2.24) is 5.32 Å². The lowest BCUT2D eigenvalue weighted by Gasteiger charge is -2.61. The van der Waals surface area contributed by atoms with Crippen LogP contribution in [0.5, 0.6) is 0 Å². The molecule has 0 aliphatic heterocycles. The lowest BCUT2D eigenvalue weighted by atomic mass is 9.45. The molecule has 4 rings (SSSR count). The Kier molecular flexibility index (Phi) is 6.51. The Morgan fingerprint density at radius 3 is 2.64 bits per heavy atom. The highest BCUT2D eigenvalue weighted by atomic mass is 16.4. The number of carboxylic acid groups (broad SMARTS) is 1. The van der Waals surface area contributed by atoms with E-state index in [1.165, 1.54) is 0 Å². The van der Waals surface area contributed by atoms with Crippen molar-refractivity contribution in [3.8, 4) is 0 Å². The van der Waals surface area contributed by atoms with Gasteiger partial charge in [-0.25, -0.2) is 0 Å². The van der Waals surface area contributed by atoms with Gasteiger partial charge >= 0.3 is 5.97 Å². The molecule has 0 radical (unpaired) electrons. The number of hydrogen-bond acceptors (Lipinski definition) is 5. The molecular weight excluding hydrogens is 422 g/mol. The molecule has 0 spiro atoms. The Balaban J connectivity index is 1.51. The van der Waals surface area contributed by atoms with Crippen molar-refractivity contribution in [3.63, 3.8) is 0 Å². The summed E-state index contributed by atoms with van der Waals surface area (Å²) in [6.45, 7) is 6.18. The number of amides is 1. The second-order valence-corrected chi connectivity index (χ2v) is 11.6. The summed E-state index contributed by atoms with van der Waals surface area (Å²) in [7, 11) is 0. The Hall–Kier alpha value is -1.73. The maximum atomic E-state index is 12.1. The molecule has 0 bridgehead atoms. The molecule has 3 fully saturated rings. The van der Waals surface area contributed by atoms with E-state index in [4.69, 9.17) is 5.11 Å². The highest BCUT2D eigenvalue weighted by Crippen LogP contribution is 2.67. The molecular formula is C26H39NO6. The molecule has 7 heteroatoms. The molecule has 33 heavy (non-hydrogen) atoms. The maximum absolute atomic E-state index is 12.1. The van der Waals surface area contributed by atoms with E-state index in [1.54, 1.807) is 6.08 Å². The van der Waals surface area contributed by atoms with Crippen LogP contribution in [-0.4, -0.2) is 51.7 Å². The SMILES string of the molecule is C[C@H](CCC(=O)NCC(=O)O)[C@H]1CC[C@H]2[C@@H]3[C@H](O)CC4=CC(=O)CC[C@]4(C)[C@H]3C[C@H](O)[C@]12C. The summed E-state index contributed by atoms with van der Waals surface area (Å²) < 4.78 is 0. The van der Waals surface area contributed by atoms with Crippen LogP contribution in [0.2, 0.25) is 0 Å². The van der Waals surface area contributed by atoms with E-state index in [-0.39, 0.29) is 65.1 Å². The second kappa shape index (κ2) is 8.81. The molecule has 4 N–H and O–H groups in total. The Bertz CT molecular complexity index is 854. The summed E-state index contributed by atoms with van der Waals surface area (Å²) in [6, 6.07) is 0. The van der Waals surface area contributed by atoms with Gasteiger partial charge in [0.15, 0.2) is 5.78 Å². The summed E-state index contributed by atoms with van der Waals surface area (Å²) in [6.07, 6.45) is 6.16. The highest BCUT2D eigenvalue weighted by molar-refractivity contribution is 5.91. The number of ketones is 1. The van der Waals surface area contributed by atoms with Crippen LogP contribution in [0.25, 0.3) is 0 Å². The van der Waals surface area contributed by atoms with Crippen LogP contribution in [-0.2, 0) is 14.4 Å². The topological polar surface area (TPSA) is 124 Å². The molecule has 0 aromatic rings. The quantitative estimate of drug-likeness (QED) is 0.482. The van der Waals surface area contributed by atoms with E-state index in [9.17, 15) is 24.6 Å². The van der Waals surface area contributed by atoms with Gasteiger partial charge in [0.05, 0.1) is 12.2 Å². The smallest absolute Gasteiger partial charge is 0.322 e. The van der Waals surface area contributed by atoms with Crippen LogP contribution in [0.15, 0.2) is 11.6 Å². The van der Waals surface area contributed by atoms with Crippen molar-refractivity contribution in [2.75, 3.05) is 6.54 Å². The van der Waals surface area contributed by atoms with Crippen LogP contribution in [0.3, 0.4) is 0 Å². The Morgan fingerprint density at radius 2 is 1.94 bits per heavy atom. The van der Waals surface area contributed by atoms with Crippen LogP contribution >= 0.6 is 0 Å². The van der Waals surface area contributed by atoms with Gasteiger partial charge < -0.3 is 20.6 Å². The van der Waals surface area contributed by atoms with Crippen molar-refractivity contribution in [2.45, 2.75) is 84.3 Å². The summed E-state index contributed by atoms with van der Waals surface area (Å²) in [5.41, 5.74) is 0.617. The summed E-state index contributed by atoms with van der Waals surface area (Å²) in [5.74, 6) is -0.203. The predicted octanol–water partition coefficient (Wildman–Crippen LogP) is 2.69. The first kappa shape index (κ1) is 24.4. The zero-order valence-corrected chi connectivity index (χ0v) is 20.0. The van der Waals surface area contributed by atoms with Gasteiger partial charge in [0.1, 0.15) is 6.54 Å². The lowest BCUT2D eigenvalue weighted by Crippen LogP contribution is -2.60. The third-order valence-electron chi connectivity index (χ3n) is 10.1. The molecule has 4 aliphatic carbocycles. The zero-order chi connectivity index (χ0) is 24.1. The van der Waals surface area contributed by atoms with Crippen LogP contribution in [0.4, 0.5) is 0 Å². The van der Waals surface area contributed by atoms with E-state index >= 15 is 0 Å². The molecule has 1 amide bonds. The second-order valence-electron chi connectivity index (χ2n) is 11.6. The molecule has 3 saturated carbocycles. The molecule has 0 heterocycles. The predicted molar refractivity (Wildman–Crippen MR) is 122 cm³/mol. The average molecular weight is 462 g/mol. The van der Waals surface area contributed by atoms with Gasteiger partial charge in [-0.1, -0.05) is 26.3 Å². The number of nitrogens with one attached hydrogen (secondary N) is 1. The normalized spacial score (nSPS) is 43.1. The minimum atomic E-state index is -1.05. The largest absolute Gasteiger partial charge is 0.480 e. The first-order valence-electron chi connectivity index (χ1n) is 12.6. The number of aliphatic hydroxyl groups is 2. The molecule has 0 aromatic heterocycles.